The average Bonchev–Trinajstić information content (AvgIpc) is 2.57. The zero-order valence-electron chi connectivity index (χ0n) is 8.36. The Morgan fingerprint density at radius 1 is 1.53 bits per heavy atom. The largest absolute Gasteiger partial charge is 0.326 e. The predicted octanol–water partition coefficient (Wildman–Crippen LogP) is 1.50. The number of hydrogen-bond donors (Lipinski definition) is 3. The molecule has 1 aliphatic rings. The lowest BCUT2D eigenvalue weighted by molar-refractivity contribution is -0.115. The Bertz CT molecular complexity index is 392. The Hall–Kier alpha value is -1.00. The molecule has 1 aromatic rings. The number of anilines is 1. The lowest BCUT2D eigenvalue weighted by atomic mass is 10.0. The highest BCUT2D eigenvalue weighted by molar-refractivity contribution is 7.80. The predicted molar refractivity (Wildman–Crippen MR) is 64.2 cm³/mol. The van der Waals surface area contributed by atoms with Crippen LogP contribution in [0.5, 0.6) is 0 Å². The third-order valence-electron chi connectivity index (χ3n) is 2.62. The number of thiol groups is 1. The van der Waals surface area contributed by atoms with E-state index >= 15 is 0 Å². The molecule has 0 bridgehead atoms. The van der Waals surface area contributed by atoms with Crippen LogP contribution in [0.2, 0.25) is 0 Å². The van der Waals surface area contributed by atoms with Crippen molar-refractivity contribution >= 4 is 24.2 Å². The van der Waals surface area contributed by atoms with E-state index in [4.69, 9.17) is 5.73 Å². The molecule has 0 saturated heterocycles. The van der Waals surface area contributed by atoms with E-state index in [1.54, 1.807) is 0 Å². The summed E-state index contributed by atoms with van der Waals surface area (Å²) in [7, 11) is 0. The molecule has 1 aromatic carbocycles. The maximum absolute atomic E-state index is 11.2. The van der Waals surface area contributed by atoms with Crippen LogP contribution >= 0.6 is 12.6 Å². The third kappa shape index (κ3) is 2.16. The van der Waals surface area contributed by atoms with E-state index in [0.29, 0.717) is 6.42 Å². The van der Waals surface area contributed by atoms with E-state index in [1.807, 2.05) is 18.2 Å². The Morgan fingerprint density at radius 3 is 3.07 bits per heavy atom. The van der Waals surface area contributed by atoms with Gasteiger partial charge in [-0.15, -0.1) is 0 Å². The number of rotatable bonds is 3. The zero-order valence-corrected chi connectivity index (χ0v) is 9.26. The van der Waals surface area contributed by atoms with Gasteiger partial charge < -0.3 is 11.1 Å². The van der Waals surface area contributed by atoms with E-state index in [1.165, 1.54) is 0 Å². The maximum Gasteiger partial charge on any atom is 0.228 e. The highest BCUT2D eigenvalue weighted by Crippen LogP contribution is 2.26. The molecular weight excluding hydrogens is 208 g/mol. The second-order valence-electron chi connectivity index (χ2n) is 3.76. The SMILES string of the molecule is NC(CCS)c1ccc2c(c1)CC(=O)N2. The van der Waals surface area contributed by atoms with Gasteiger partial charge in [0.05, 0.1) is 6.42 Å². The number of fused-ring (bicyclic) bond motifs is 1. The van der Waals surface area contributed by atoms with Gasteiger partial charge in [0.15, 0.2) is 0 Å². The fourth-order valence-electron chi connectivity index (χ4n) is 1.79. The molecule has 15 heavy (non-hydrogen) atoms. The van der Waals surface area contributed by atoms with Crippen LogP contribution in [0.25, 0.3) is 0 Å². The van der Waals surface area contributed by atoms with Gasteiger partial charge in [0.2, 0.25) is 5.91 Å². The zero-order chi connectivity index (χ0) is 10.8. The number of hydrogen-bond acceptors (Lipinski definition) is 3. The third-order valence-corrected chi connectivity index (χ3v) is 2.88. The maximum atomic E-state index is 11.2. The molecule has 1 unspecified atom stereocenters. The van der Waals surface area contributed by atoms with Crippen molar-refractivity contribution in [1.82, 2.24) is 0 Å². The first kappa shape index (κ1) is 10.5. The molecule has 4 heteroatoms. The molecule has 0 aromatic heterocycles. The second kappa shape index (κ2) is 4.24. The first-order valence-electron chi connectivity index (χ1n) is 5.00. The average molecular weight is 222 g/mol. The molecular formula is C11H14N2OS. The summed E-state index contributed by atoms with van der Waals surface area (Å²) in [6.07, 6.45) is 1.32. The van der Waals surface area contributed by atoms with Gasteiger partial charge >= 0.3 is 0 Å². The fourth-order valence-corrected chi connectivity index (χ4v) is 2.06. The van der Waals surface area contributed by atoms with Gasteiger partial charge in [-0.05, 0) is 29.4 Å². The van der Waals surface area contributed by atoms with Gasteiger partial charge in [-0.2, -0.15) is 12.6 Å². The topological polar surface area (TPSA) is 55.1 Å². The Morgan fingerprint density at radius 2 is 2.33 bits per heavy atom. The first-order valence-corrected chi connectivity index (χ1v) is 5.63. The summed E-state index contributed by atoms with van der Waals surface area (Å²) in [5.74, 6) is 0.833. The summed E-state index contributed by atoms with van der Waals surface area (Å²) in [5, 5.41) is 2.80. The lowest BCUT2D eigenvalue weighted by Gasteiger charge is -2.11. The molecule has 1 amide bonds. The van der Waals surface area contributed by atoms with Gasteiger partial charge in [-0.1, -0.05) is 12.1 Å². The van der Waals surface area contributed by atoms with Crippen LogP contribution in [0.15, 0.2) is 18.2 Å². The quantitative estimate of drug-likeness (QED) is 0.679. The minimum absolute atomic E-state index is 0.0171. The molecule has 1 atom stereocenters. The number of carbonyl (C=O) groups excluding carboxylic acids is 1. The molecule has 3 N–H and O–H groups in total. The summed E-state index contributed by atoms with van der Waals surface area (Å²) < 4.78 is 0. The van der Waals surface area contributed by atoms with E-state index in [-0.39, 0.29) is 11.9 Å². The minimum atomic E-state index is 0.0171. The summed E-state index contributed by atoms with van der Waals surface area (Å²) in [6.45, 7) is 0. The van der Waals surface area contributed by atoms with Crippen LogP contribution in [0, 0.1) is 0 Å². The Balaban J connectivity index is 2.23. The fraction of sp³-hybridized carbons (Fsp3) is 0.364. The molecule has 1 heterocycles. The monoisotopic (exact) mass is 222 g/mol. The standard InChI is InChI=1S/C11H14N2OS/c12-9(3-4-15)7-1-2-10-8(5-7)6-11(14)13-10/h1-2,5,9,15H,3-4,6,12H2,(H,13,14). The highest BCUT2D eigenvalue weighted by atomic mass is 32.1. The summed E-state index contributed by atoms with van der Waals surface area (Å²) >= 11 is 4.16. The Labute approximate surface area is 94.5 Å². The van der Waals surface area contributed by atoms with Crippen molar-refractivity contribution in [2.75, 3.05) is 11.1 Å². The summed E-state index contributed by atoms with van der Waals surface area (Å²) in [5.41, 5.74) is 9.03. The highest BCUT2D eigenvalue weighted by Gasteiger charge is 2.18. The van der Waals surface area contributed by atoms with Crippen LogP contribution in [0.1, 0.15) is 23.6 Å². The molecule has 80 valence electrons. The van der Waals surface area contributed by atoms with E-state index in [0.717, 1.165) is 29.0 Å². The normalized spacial score (nSPS) is 16.0. The molecule has 0 aliphatic carbocycles. The minimum Gasteiger partial charge on any atom is -0.326 e. The van der Waals surface area contributed by atoms with Gasteiger partial charge in [0.25, 0.3) is 0 Å². The van der Waals surface area contributed by atoms with Gasteiger partial charge in [0, 0.05) is 11.7 Å². The second-order valence-corrected chi connectivity index (χ2v) is 4.21. The van der Waals surface area contributed by atoms with Crippen molar-refractivity contribution in [2.24, 2.45) is 5.73 Å². The van der Waals surface area contributed by atoms with Gasteiger partial charge in [0.1, 0.15) is 0 Å². The van der Waals surface area contributed by atoms with Crippen LogP contribution in [-0.2, 0) is 11.2 Å². The van der Waals surface area contributed by atoms with Crippen LogP contribution in [0.4, 0.5) is 5.69 Å². The molecule has 0 fully saturated rings. The number of carbonyl (C=O) groups is 1. The molecule has 3 nitrogen and oxygen atoms in total. The molecule has 0 radical (unpaired) electrons. The number of amides is 1. The van der Waals surface area contributed by atoms with Gasteiger partial charge in [-0.3, -0.25) is 4.79 Å². The van der Waals surface area contributed by atoms with Crippen molar-refractivity contribution in [3.05, 3.63) is 29.3 Å². The van der Waals surface area contributed by atoms with E-state index in [2.05, 4.69) is 17.9 Å². The smallest absolute Gasteiger partial charge is 0.228 e. The van der Waals surface area contributed by atoms with E-state index < -0.39 is 0 Å². The van der Waals surface area contributed by atoms with Crippen molar-refractivity contribution < 1.29 is 4.79 Å². The van der Waals surface area contributed by atoms with Crippen LogP contribution < -0.4 is 11.1 Å². The van der Waals surface area contributed by atoms with Crippen molar-refractivity contribution in [3.8, 4) is 0 Å². The molecule has 1 aliphatic heterocycles. The summed E-state index contributed by atoms with van der Waals surface area (Å²) in [4.78, 5) is 11.2. The lowest BCUT2D eigenvalue weighted by Crippen LogP contribution is -2.10. The molecule has 2 rings (SSSR count). The van der Waals surface area contributed by atoms with Crippen molar-refractivity contribution in [2.45, 2.75) is 18.9 Å². The number of benzene rings is 1. The molecule has 0 saturated carbocycles. The van der Waals surface area contributed by atoms with Crippen molar-refractivity contribution in [1.29, 1.82) is 0 Å². The first-order chi connectivity index (χ1) is 7.20. The van der Waals surface area contributed by atoms with Crippen LogP contribution in [0.3, 0.4) is 0 Å². The number of nitrogens with one attached hydrogen (secondary N) is 1. The molecule has 0 spiro atoms. The van der Waals surface area contributed by atoms with E-state index in [9.17, 15) is 4.79 Å². The summed E-state index contributed by atoms with van der Waals surface area (Å²) in [6, 6.07) is 5.93. The Kier molecular flexibility index (Phi) is 2.98. The van der Waals surface area contributed by atoms with Gasteiger partial charge in [-0.25, -0.2) is 0 Å². The number of nitrogens with two attached hydrogens (primary N) is 1. The van der Waals surface area contributed by atoms with Crippen LogP contribution in [-0.4, -0.2) is 11.7 Å². The van der Waals surface area contributed by atoms with Crippen molar-refractivity contribution in [3.63, 3.8) is 0 Å².